The number of fused-ring (bicyclic) bond motifs is 1. The fourth-order valence-corrected chi connectivity index (χ4v) is 2.94. The maximum Gasteiger partial charge on any atom is 0.254 e. The average molecular weight is 261 g/mol. The topological polar surface area (TPSA) is 49.8 Å². The van der Waals surface area contributed by atoms with E-state index in [9.17, 15) is 9.90 Å². The molecule has 1 saturated heterocycles. The van der Waals surface area contributed by atoms with Crippen LogP contribution in [-0.4, -0.2) is 42.2 Å². The van der Waals surface area contributed by atoms with Crippen LogP contribution in [0.25, 0.3) is 0 Å². The highest BCUT2D eigenvalue weighted by Crippen LogP contribution is 2.25. The van der Waals surface area contributed by atoms with Gasteiger partial charge in [-0.2, -0.15) is 0 Å². The van der Waals surface area contributed by atoms with Crippen LogP contribution in [-0.2, 0) is 11.2 Å². The Labute approximate surface area is 113 Å². The Morgan fingerprint density at radius 3 is 2.89 bits per heavy atom. The molecule has 0 atom stereocenters. The lowest BCUT2D eigenvalue weighted by Gasteiger charge is -2.33. The van der Waals surface area contributed by atoms with E-state index < -0.39 is 0 Å². The summed E-state index contributed by atoms with van der Waals surface area (Å²) in [6, 6.07) is 5.04. The van der Waals surface area contributed by atoms with Crippen molar-refractivity contribution < 1.29 is 14.6 Å². The summed E-state index contributed by atoms with van der Waals surface area (Å²) >= 11 is 0. The molecule has 3 rings (SSSR count). The Balaban J connectivity index is 1.72. The summed E-state index contributed by atoms with van der Waals surface area (Å²) < 4.78 is 5.35. The Hall–Kier alpha value is -1.55. The van der Waals surface area contributed by atoms with Crippen LogP contribution in [0.3, 0.4) is 0 Å². The molecule has 19 heavy (non-hydrogen) atoms. The summed E-state index contributed by atoms with van der Waals surface area (Å²) in [5.41, 5.74) is 1.71. The molecule has 4 heteroatoms. The lowest BCUT2D eigenvalue weighted by Crippen LogP contribution is -2.41. The van der Waals surface area contributed by atoms with Gasteiger partial charge in [0.05, 0.1) is 0 Å². The molecule has 102 valence electrons. The molecule has 2 heterocycles. The van der Waals surface area contributed by atoms with Gasteiger partial charge in [0.2, 0.25) is 0 Å². The number of carbonyl (C=O) groups excluding carboxylic acids is 1. The molecule has 1 fully saturated rings. The van der Waals surface area contributed by atoms with Crippen molar-refractivity contribution in [3.05, 3.63) is 29.3 Å². The standard InChI is InChI=1S/C15H19NO3/c17-13-1-2-14-12(9-13)3-6-16(15(14)18)10-11-4-7-19-8-5-11/h1-2,9,11,17H,3-8,10H2. The van der Waals surface area contributed by atoms with Gasteiger partial charge in [0.1, 0.15) is 5.75 Å². The summed E-state index contributed by atoms with van der Waals surface area (Å²) in [6.45, 7) is 3.23. The summed E-state index contributed by atoms with van der Waals surface area (Å²) in [4.78, 5) is 14.4. The second-order valence-electron chi connectivity index (χ2n) is 5.40. The minimum absolute atomic E-state index is 0.104. The van der Waals surface area contributed by atoms with E-state index in [1.54, 1.807) is 18.2 Å². The van der Waals surface area contributed by atoms with E-state index in [2.05, 4.69) is 0 Å². The zero-order valence-corrected chi connectivity index (χ0v) is 11.0. The first kappa shape index (κ1) is 12.5. The van der Waals surface area contributed by atoms with Crippen LogP contribution in [0.15, 0.2) is 18.2 Å². The van der Waals surface area contributed by atoms with Crippen LogP contribution in [0.5, 0.6) is 5.75 Å². The SMILES string of the molecule is O=C1c2ccc(O)cc2CCN1CC1CCOCC1. The van der Waals surface area contributed by atoms with Crippen molar-refractivity contribution in [3.63, 3.8) is 0 Å². The number of nitrogens with zero attached hydrogens (tertiary/aromatic N) is 1. The van der Waals surface area contributed by atoms with Crippen molar-refractivity contribution in [1.29, 1.82) is 0 Å². The van der Waals surface area contributed by atoms with E-state index in [0.717, 1.165) is 56.7 Å². The predicted molar refractivity (Wildman–Crippen MR) is 71.3 cm³/mol. The molecular formula is C15H19NO3. The molecule has 0 aliphatic carbocycles. The van der Waals surface area contributed by atoms with E-state index in [-0.39, 0.29) is 11.7 Å². The maximum atomic E-state index is 12.4. The fraction of sp³-hybridized carbons (Fsp3) is 0.533. The van der Waals surface area contributed by atoms with Crippen molar-refractivity contribution in [3.8, 4) is 5.75 Å². The smallest absolute Gasteiger partial charge is 0.254 e. The fourth-order valence-electron chi connectivity index (χ4n) is 2.94. The second kappa shape index (κ2) is 5.21. The number of amides is 1. The molecule has 0 aromatic heterocycles. The first-order valence-corrected chi connectivity index (χ1v) is 6.93. The van der Waals surface area contributed by atoms with E-state index >= 15 is 0 Å². The van der Waals surface area contributed by atoms with Crippen LogP contribution >= 0.6 is 0 Å². The third-order valence-electron chi connectivity index (χ3n) is 4.08. The van der Waals surface area contributed by atoms with Crippen LogP contribution in [0.4, 0.5) is 0 Å². The predicted octanol–water partition coefficient (Wildman–Crippen LogP) is 1.82. The molecule has 2 aliphatic rings. The van der Waals surface area contributed by atoms with Gasteiger partial charge in [-0.25, -0.2) is 0 Å². The number of benzene rings is 1. The molecule has 0 bridgehead atoms. The van der Waals surface area contributed by atoms with Gasteiger partial charge in [-0.15, -0.1) is 0 Å². The van der Waals surface area contributed by atoms with Gasteiger partial charge in [0, 0.05) is 31.9 Å². The van der Waals surface area contributed by atoms with Gasteiger partial charge in [0.15, 0.2) is 0 Å². The largest absolute Gasteiger partial charge is 0.508 e. The Morgan fingerprint density at radius 2 is 2.11 bits per heavy atom. The number of phenols is 1. The minimum Gasteiger partial charge on any atom is -0.508 e. The second-order valence-corrected chi connectivity index (χ2v) is 5.40. The van der Waals surface area contributed by atoms with Crippen molar-refractivity contribution in [2.24, 2.45) is 5.92 Å². The van der Waals surface area contributed by atoms with Gasteiger partial charge in [-0.05, 0) is 48.9 Å². The quantitative estimate of drug-likeness (QED) is 0.883. The molecule has 0 unspecified atom stereocenters. The highest BCUT2D eigenvalue weighted by Gasteiger charge is 2.27. The molecule has 1 aromatic rings. The Kier molecular flexibility index (Phi) is 3.42. The highest BCUT2D eigenvalue weighted by molar-refractivity contribution is 5.96. The van der Waals surface area contributed by atoms with E-state index in [4.69, 9.17) is 4.74 Å². The van der Waals surface area contributed by atoms with Gasteiger partial charge < -0.3 is 14.7 Å². The van der Waals surface area contributed by atoms with Crippen molar-refractivity contribution in [1.82, 2.24) is 4.90 Å². The monoisotopic (exact) mass is 261 g/mol. The van der Waals surface area contributed by atoms with E-state index in [1.165, 1.54) is 0 Å². The highest BCUT2D eigenvalue weighted by atomic mass is 16.5. The molecule has 4 nitrogen and oxygen atoms in total. The molecule has 0 saturated carbocycles. The molecule has 1 N–H and O–H groups in total. The number of phenolic OH excluding ortho intramolecular Hbond substituents is 1. The zero-order chi connectivity index (χ0) is 13.2. The number of aromatic hydroxyl groups is 1. The number of rotatable bonds is 2. The van der Waals surface area contributed by atoms with Crippen LogP contribution in [0, 0.1) is 5.92 Å². The normalized spacial score (nSPS) is 20.4. The lowest BCUT2D eigenvalue weighted by molar-refractivity contribution is 0.0449. The maximum absolute atomic E-state index is 12.4. The first-order chi connectivity index (χ1) is 9.24. The average Bonchev–Trinajstić information content (AvgIpc) is 2.43. The third kappa shape index (κ3) is 2.59. The molecule has 2 aliphatic heterocycles. The van der Waals surface area contributed by atoms with Gasteiger partial charge in [0.25, 0.3) is 5.91 Å². The summed E-state index contributed by atoms with van der Waals surface area (Å²) in [7, 11) is 0. The first-order valence-electron chi connectivity index (χ1n) is 6.93. The number of ether oxygens (including phenoxy) is 1. The van der Waals surface area contributed by atoms with E-state index in [0.29, 0.717) is 5.92 Å². The van der Waals surface area contributed by atoms with Crippen LogP contribution < -0.4 is 0 Å². The Morgan fingerprint density at radius 1 is 1.32 bits per heavy atom. The van der Waals surface area contributed by atoms with Crippen molar-refractivity contribution in [2.45, 2.75) is 19.3 Å². The minimum atomic E-state index is 0.104. The van der Waals surface area contributed by atoms with Gasteiger partial charge in [-0.1, -0.05) is 0 Å². The van der Waals surface area contributed by atoms with Crippen LogP contribution in [0.2, 0.25) is 0 Å². The number of hydrogen-bond acceptors (Lipinski definition) is 3. The van der Waals surface area contributed by atoms with Crippen molar-refractivity contribution >= 4 is 5.91 Å². The molecule has 1 amide bonds. The summed E-state index contributed by atoms with van der Waals surface area (Å²) in [6.07, 6.45) is 2.93. The molecule has 0 spiro atoms. The molecule has 0 radical (unpaired) electrons. The van der Waals surface area contributed by atoms with Gasteiger partial charge in [-0.3, -0.25) is 4.79 Å². The summed E-state index contributed by atoms with van der Waals surface area (Å²) in [5, 5.41) is 9.46. The van der Waals surface area contributed by atoms with E-state index in [1.807, 2.05) is 4.90 Å². The lowest BCUT2D eigenvalue weighted by atomic mass is 9.95. The number of hydrogen-bond donors (Lipinski definition) is 1. The molecular weight excluding hydrogens is 242 g/mol. The van der Waals surface area contributed by atoms with Crippen molar-refractivity contribution in [2.75, 3.05) is 26.3 Å². The molecule has 1 aromatic carbocycles. The Bertz CT molecular complexity index is 480. The summed E-state index contributed by atoms with van der Waals surface area (Å²) in [5.74, 6) is 0.911. The number of carbonyl (C=O) groups is 1. The van der Waals surface area contributed by atoms with Gasteiger partial charge >= 0.3 is 0 Å². The third-order valence-corrected chi connectivity index (χ3v) is 4.08. The van der Waals surface area contributed by atoms with Crippen LogP contribution in [0.1, 0.15) is 28.8 Å². The zero-order valence-electron chi connectivity index (χ0n) is 11.0.